The van der Waals surface area contributed by atoms with Crippen LogP contribution in [0.2, 0.25) is 0 Å². The molecule has 28 heavy (non-hydrogen) atoms. The molecule has 0 bridgehead atoms. The summed E-state index contributed by atoms with van der Waals surface area (Å²) >= 11 is 0. The summed E-state index contributed by atoms with van der Waals surface area (Å²) < 4.78 is 37.4. The normalized spacial score (nSPS) is 14.2. The SMILES string of the molecule is CCCS(=O)(=O)Nc1cccc(C(=O)NC(C)c2ccc3c(c2)OCCO3)c1. The fourth-order valence-corrected chi connectivity index (χ4v) is 4.04. The topological polar surface area (TPSA) is 93.7 Å². The number of amides is 1. The molecule has 2 aromatic carbocycles. The van der Waals surface area contributed by atoms with Crippen LogP contribution in [0.5, 0.6) is 11.5 Å². The smallest absolute Gasteiger partial charge is 0.251 e. The highest BCUT2D eigenvalue weighted by molar-refractivity contribution is 7.92. The van der Waals surface area contributed by atoms with Crippen molar-refractivity contribution >= 4 is 21.6 Å². The molecular formula is C20H24N2O5S. The monoisotopic (exact) mass is 404 g/mol. The lowest BCUT2D eigenvalue weighted by atomic mass is 10.1. The van der Waals surface area contributed by atoms with E-state index in [0.717, 1.165) is 5.56 Å². The van der Waals surface area contributed by atoms with Crippen molar-refractivity contribution in [3.8, 4) is 11.5 Å². The standard InChI is InChI=1S/C20H24N2O5S/c1-3-11-28(24,25)22-17-6-4-5-16(12-17)20(23)21-14(2)15-7-8-18-19(13-15)27-10-9-26-18/h4-8,12-14,22H,3,9-11H2,1-2H3,(H,21,23). The zero-order valence-corrected chi connectivity index (χ0v) is 16.7. The van der Waals surface area contributed by atoms with Gasteiger partial charge in [-0.1, -0.05) is 19.1 Å². The van der Waals surface area contributed by atoms with Crippen molar-refractivity contribution in [1.82, 2.24) is 5.32 Å². The number of fused-ring (bicyclic) bond motifs is 1. The summed E-state index contributed by atoms with van der Waals surface area (Å²) in [6, 6.07) is 11.7. The minimum atomic E-state index is -3.41. The van der Waals surface area contributed by atoms with E-state index in [1.807, 2.05) is 25.1 Å². The zero-order valence-electron chi connectivity index (χ0n) is 15.9. The molecule has 7 nitrogen and oxygen atoms in total. The van der Waals surface area contributed by atoms with Crippen molar-refractivity contribution in [3.05, 3.63) is 53.6 Å². The summed E-state index contributed by atoms with van der Waals surface area (Å²) in [5, 5.41) is 2.92. The second kappa shape index (κ2) is 8.52. The van der Waals surface area contributed by atoms with Gasteiger partial charge in [-0.15, -0.1) is 0 Å². The number of ether oxygens (including phenoxy) is 2. The third-order valence-electron chi connectivity index (χ3n) is 4.28. The van der Waals surface area contributed by atoms with Gasteiger partial charge in [-0.05, 0) is 49.2 Å². The molecule has 1 heterocycles. The van der Waals surface area contributed by atoms with E-state index < -0.39 is 10.0 Å². The van der Waals surface area contributed by atoms with Crippen LogP contribution in [-0.2, 0) is 10.0 Å². The molecular weight excluding hydrogens is 380 g/mol. The first-order chi connectivity index (χ1) is 13.4. The number of carbonyl (C=O) groups is 1. The highest BCUT2D eigenvalue weighted by Gasteiger charge is 2.17. The van der Waals surface area contributed by atoms with E-state index in [4.69, 9.17) is 9.47 Å². The molecule has 8 heteroatoms. The molecule has 2 aromatic rings. The van der Waals surface area contributed by atoms with E-state index in [2.05, 4.69) is 10.0 Å². The van der Waals surface area contributed by atoms with Crippen LogP contribution < -0.4 is 19.5 Å². The summed E-state index contributed by atoms with van der Waals surface area (Å²) in [6.07, 6.45) is 0.516. The van der Waals surface area contributed by atoms with Gasteiger partial charge < -0.3 is 14.8 Å². The molecule has 0 fully saturated rings. The van der Waals surface area contributed by atoms with Gasteiger partial charge in [-0.3, -0.25) is 9.52 Å². The minimum Gasteiger partial charge on any atom is -0.486 e. The molecule has 0 saturated heterocycles. The molecule has 2 N–H and O–H groups in total. The molecule has 0 spiro atoms. The Bertz CT molecular complexity index is 959. The van der Waals surface area contributed by atoms with Crippen LogP contribution in [0.15, 0.2) is 42.5 Å². The van der Waals surface area contributed by atoms with Gasteiger partial charge in [0.2, 0.25) is 10.0 Å². The molecule has 1 amide bonds. The first-order valence-electron chi connectivity index (χ1n) is 9.19. The third-order valence-corrected chi connectivity index (χ3v) is 5.78. The Hall–Kier alpha value is -2.74. The number of hydrogen-bond donors (Lipinski definition) is 2. The molecule has 150 valence electrons. The van der Waals surface area contributed by atoms with Crippen molar-refractivity contribution in [2.24, 2.45) is 0 Å². The first-order valence-corrected chi connectivity index (χ1v) is 10.8. The number of anilines is 1. The summed E-state index contributed by atoms with van der Waals surface area (Å²) in [5.74, 6) is 1.10. The number of hydrogen-bond acceptors (Lipinski definition) is 5. The maximum absolute atomic E-state index is 12.6. The molecule has 0 radical (unpaired) electrons. The summed E-state index contributed by atoms with van der Waals surface area (Å²) in [6.45, 7) is 4.69. The van der Waals surface area contributed by atoms with Crippen LogP contribution >= 0.6 is 0 Å². The van der Waals surface area contributed by atoms with Crippen molar-refractivity contribution in [2.75, 3.05) is 23.7 Å². The average molecular weight is 404 g/mol. The number of benzene rings is 2. The Morgan fingerprint density at radius 1 is 1.11 bits per heavy atom. The van der Waals surface area contributed by atoms with E-state index in [1.54, 1.807) is 25.1 Å². The lowest BCUT2D eigenvalue weighted by Crippen LogP contribution is -2.27. The molecule has 0 aromatic heterocycles. The van der Waals surface area contributed by atoms with Gasteiger partial charge in [0, 0.05) is 11.3 Å². The van der Waals surface area contributed by atoms with Gasteiger partial charge in [0.1, 0.15) is 13.2 Å². The lowest BCUT2D eigenvalue weighted by Gasteiger charge is -2.21. The van der Waals surface area contributed by atoms with Crippen molar-refractivity contribution in [1.29, 1.82) is 0 Å². The molecule has 1 atom stereocenters. The van der Waals surface area contributed by atoms with Gasteiger partial charge >= 0.3 is 0 Å². The number of nitrogens with one attached hydrogen (secondary N) is 2. The fraction of sp³-hybridized carbons (Fsp3) is 0.350. The van der Waals surface area contributed by atoms with Gasteiger partial charge in [0.25, 0.3) is 5.91 Å². The Labute approximate surface area is 165 Å². The molecule has 3 rings (SSSR count). The van der Waals surface area contributed by atoms with Crippen molar-refractivity contribution < 1.29 is 22.7 Å². The minimum absolute atomic E-state index is 0.0323. The van der Waals surface area contributed by atoms with E-state index in [-0.39, 0.29) is 17.7 Å². The Morgan fingerprint density at radius 2 is 1.86 bits per heavy atom. The van der Waals surface area contributed by atoms with E-state index in [9.17, 15) is 13.2 Å². The second-order valence-corrected chi connectivity index (χ2v) is 8.44. The summed E-state index contributed by atoms with van der Waals surface area (Å²) in [4.78, 5) is 12.6. The van der Waals surface area contributed by atoms with Crippen LogP contribution in [-0.4, -0.2) is 33.3 Å². The zero-order chi connectivity index (χ0) is 20.1. The lowest BCUT2D eigenvalue weighted by molar-refractivity contribution is 0.0939. The average Bonchev–Trinajstić information content (AvgIpc) is 2.67. The maximum atomic E-state index is 12.6. The summed E-state index contributed by atoms with van der Waals surface area (Å²) in [5.41, 5.74) is 1.63. The van der Waals surface area contributed by atoms with Gasteiger partial charge in [-0.2, -0.15) is 0 Å². The predicted octanol–water partition coefficient (Wildman–Crippen LogP) is 3.10. The number of carbonyl (C=O) groups excluding carboxylic acids is 1. The Balaban J connectivity index is 1.70. The highest BCUT2D eigenvalue weighted by atomic mass is 32.2. The Morgan fingerprint density at radius 3 is 2.61 bits per heavy atom. The van der Waals surface area contributed by atoms with E-state index in [1.165, 1.54) is 6.07 Å². The fourth-order valence-electron chi connectivity index (χ4n) is 2.92. The molecule has 1 aliphatic heterocycles. The quantitative estimate of drug-likeness (QED) is 0.740. The van der Waals surface area contributed by atoms with Crippen molar-refractivity contribution in [3.63, 3.8) is 0 Å². The highest BCUT2D eigenvalue weighted by Crippen LogP contribution is 2.32. The first kappa shape index (κ1) is 20.0. The van der Waals surface area contributed by atoms with E-state index in [0.29, 0.717) is 42.4 Å². The predicted molar refractivity (Wildman–Crippen MR) is 107 cm³/mol. The Kier molecular flexibility index (Phi) is 6.08. The van der Waals surface area contributed by atoms with Crippen molar-refractivity contribution in [2.45, 2.75) is 26.3 Å². The second-order valence-electron chi connectivity index (χ2n) is 6.60. The van der Waals surface area contributed by atoms with Crippen LogP contribution in [0.4, 0.5) is 5.69 Å². The van der Waals surface area contributed by atoms with Crippen LogP contribution in [0, 0.1) is 0 Å². The molecule has 0 saturated carbocycles. The van der Waals surface area contributed by atoms with Crippen LogP contribution in [0.1, 0.15) is 42.2 Å². The van der Waals surface area contributed by atoms with Gasteiger partial charge in [0.15, 0.2) is 11.5 Å². The maximum Gasteiger partial charge on any atom is 0.251 e. The number of sulfonamides is 1. The van der Waals surface area contributed by atoms with Crippen LogP contribution in [0.3, 0.4) is 0 Å². The largest absolute Gasteiger partial charge is 0.486 e. The third kappa shape index (κ3) is 4.95. The summed E-state index contributed by atoms with van der Waals surface area (Å²) in [7, 11) is -3.41. The number of rotatable bonds is 7. The molecule has 1 aliphatic rings. The molecule has 0 aliphatic carbocycles. The van der Waals surface area contributed by atoms with E-state index >= 15 is 0 Å². The van der Waals surface area contributed by atoms with Gasteiger partial charge in [0.05, 0.1) is 11.8 Å². The molecule has 1 unspecified atom stereocenters. The van der Waals surface area contributed by atoms with Gasteiger partial charge in [-0.25, -0.2) is 8.42 Å². The van der Waals surface area contributed by atoms with Crippen LogP contribution in [0.25, 0.3) is 0 Å².